The fraction of sp³-hybridized carbons (Fsp3) is 0.500. The Bertz CT molecular complexity index is 370. The van der Waals surface area contributed by atoms with Crippen molar-refractivity contribution < 1.29 is 4.92 Å². The highest BCUT2D eigenvalue weighted by atomic mass is 32.2. The number of nitrogens with zero attached hydrogens (tertiary/aromatic N) is 3. The second-order valence-electron chi connectivity index (χ2n) is 3.15. The van der Waals surface area contributed by atoms with Crippen molar-refractivity contribution in [3.8, 4) is 0 Å². The first kappa shape index (κ1) is 11.7. The van der Waals surface area contributed by atoms with E-state index >= 15 is 0 Å². The van der Waals surface area contributed by atoms with Crippen LogP contribution in [-0.2, 0) is 0 Å². The second kappa shape index (κ2) is 4.92. The average Bonchev–Trinajstić information content (AvgIpc) is 2.16. The van der Waals surface area contributed by atoms with Crippen LogP contribution < -0.4 is 5.32 Å². The Kier molecular flexibility index (Phi) is 3.84. The molecular formula is C8H12N4O2S. The Balaban J connectivity index is 3.10. The zero-order valence-corrected chi connectivity index (χ0v) is 9.54. The van der Waals surface area contributed by atoms with Gasteiger partial charge in [-0.05, 0) is 20.1 Å². The highest BCUT2D eigenvalue weighted by Gasteiger charge is 2.17. The van der Waals surface area contributed by atoms with Gasteiger partial charge in [-0.25, -0.2) is 4.98 Å². The van der Waals surface area contributed by atoms with Gasteiger partial charge in [0.2, 0.25) is 5.82 Å². The summed E-state index contributed by atoms with van der Waals surface area (Å²) in [5, 5.41) is 14.1. The standard InChI is InChI=1S/C8H12N4O2S/c1-5(2)10-7-6(12(13)14)4-9-8(11-7)15-3/h4-5H,1-3H3,(H,9,10,11). The van der Waals surface area contributed by atoms with Crippen LogP contribution in [0.3, 0.4) is 0 Å². The Labute approximate surface area is 91.7 Å². The van der Waals surface area contributed by atoms with Gasteiger partial charge in [0.1, 0.15) is 6.20 Å². The molecule has 0 spiro atoms. The molecule has 0 aromatic carbocycles. The molecule has 0 saturated carbocycles. The first-order valence-corrected chi connectivity index (χ1v) is 5.59. The van der Waals surface area contributed by atoms with Crippen LogP contribution in [0.1, 0.15) is 13.8 Å². The van der Waals surface area contributed by atoms with Crippen molar-refractivity contribution in [1.82, 2.24) is 9.97 Å². The molecule has 7 heteroatoms. The quantitative estimate of drug-likeness (QED) is 0.367. The summed E-state index contributed by atoms with van der Waals surface area (Å²) in [7, 11) is 0. The number of aromatic nitrogens is 2. The van der Waals surface area contributed by atoms with Gasteiger partial charge in [0.25, 0.3) is 0 Å². The maximum Gasteiger partial charge on any atom is 0.329 e. The van der Waals surface area contributed by atoms with E-state index in [0.29, 0.717) is 5.16 Å². The van der Waals surface area contributed by atoms with E-state index in [2.05, 4.69) is 15.3 Å². The van der Waals surface area contributed by atoms with Crippen LogP contribution in [0.25, 0.3) is 0 Å². The highest BCUT2D eigenvalue weighted by molar-refractivity contribution is 7.98. The number of nitrogens with one attached hydrogen (secondary N) is 1. The van der Waals surface area contributed by atoms with E-state index in [1.54, 1.807) is 0 Å². The molecule has 0 bridgehead atoms. The van der Waals surface area contributed by atoms with E-state index in [9.17, 15) is 10.1 Å². The van der Waals surface area contributed by atoms with E-state index in [1.165, 1.54) is 18.0 Å². The molecule has 15 heavy (non-hydrogen) atoms. The predicted molar refractivity (Wildman–Crippen MR) is 59.2 cm³/mol. The molecule has 1 aromatic rings. The van der Waals surface area contributed by atoms with Crippen LogP contribution in [0.15, 0.2) is 11.4 Å². The molecule has 0 radical (unpaired) electrons. The Morgan fingerprint density at radius 1 is 1.60 bits per heavy atom. The maximum atomic E-state index is 10.7. The van der Waals surface area contributed by atoms with Gasteiger partial charge in [0.15, 0.2) is 5.16 Å². The molecule has 82 valence electrons. The molecule has 0 amide bonds. The van der Waals surface area contributed by atoms with Crippen LogP contribution in [0.2, 0.25) is 0 Å². The number of anilines is 1. The highest BCUT2D eigenvalue weighted by Crippen LogP contribution is 2.23. The predicted octanol–water partition coefficient (Wildman–Crippen LogP) is 1.93. The summed E-state index contributed by atoms with van der Waals surface area (Å²) in [6, 6.07) is 0.0910. The molecule has 0 saturated heterocycles. The van der Waals surface area contributed by atoms with E-state index in [1.807, 2.05) is 20.1 Å². The molecule has 0 aliphatic heterocycles. The smallest absolute Gasteiger partial charge is 0.329 e. The van der Waals surface area contributed by atoms with Gasteiger partial charge in [0, 0.05) is 6.04 Å². The van der Waals surface area contributed by atoms with Gasteiger partial charge in [-0.15, -0.1) is 0 Å². The van der Waals surface area contributed by atoms with Gasteiger partial charge < -0.3 is 5.32 Å². The summed E-state index contributed by atoms with van der Waals surface area (Å²) < 4.78 is 0. The first-order chi connectivity index (χ1) is 7.04. The summed E-state index contributed by atoms with van der Waals surface area (Å²) >= 11 is 1.35. The molecular weight excluding hydrogens is 216 g/mol. The molecule has 0 fully saturated rings. The molecule has 1 heterocycles. The summed E-state index contributed by atoms with van der Waals surface area (Å²) in [6.45, 7) is 3.79. The van der Waals surface area contributed by atoms with Crippen molar-refractivity contribution in [3.63, 3.8) is 0 Å². The number of rotatable bonds is 4. The Morgan fingerprint density at radius 3 is 2.73 bits per heavy atom. The second-order valence-corrected chi connectivity index (χ2v) is 3.92. The van der Waals surface area contributed by atoms with Crippen molar-refractivity contribution in [3.05, 3.63) is 16.3 Å². The third-order valence-electron chi connectivity index (χ3n) is 1.55. The summed E-state index contributed by atoms with van der Waals surface area (Å²) in [4.78, 5) is 18.1. The Morgan fingerprint density at radius 2 is 2.27 bits per heavy atom. The van der Waals surface area contributed by atoms with Gasteiger partial charge in [-0.2, -0.15) is 4.98 Å². The SMILES string of the molecule is CSc1ncc([N+](=O)[O-])c(NC(C)C)n1. The normalized spacial score (nSPS) is 10.4. The molecule has 0 unspecified atom stereocenters. The van der Waals surface area contributed by atoms with Crippen LogP contribution in [-0.4, -0.2) is 27.2 Å². The van der Waals surface area contributed by atoms with E-state index in [-0.39, 0.29) is 17.5 Å². The lowest BCUT2D eigenvalue weighted by Gasteiger charge is -2.09. The minimum Gasteiger partial charge on any atom is -0.362 e. The molecule has 1 N–H and O–H groups in total. The molecule has 1 aromatic heterocycles. The Hall–Kier alpha value is -1.37. The number of hydrogen-bond donors (Lipinski definition) is 1. The zero-order chi connectivity index (χ0) is 11.4. The van der Waals surface area contributed by atoms with Crippen LogP contribution in [0.4, 0.5) is 11.5 Å². The largest absolute Gasteiger partial charge is 0.362 e. The molecule has 0 aliphatic rings. The summed E-state index contributed by atoms with van der Waals surface area (Å²) in [5.41, 5.74) is -0.0958. The monoisotopic (exact) mass is 228 g/mol. The van der Waals surface area contributed by atoms with E-state index in [0.717, 1.165) is 0 Å². The van der Waals surface area contributed by atoms with Crippen LogP contribution in [0.5, 0.6) is 0 Å². The lowest BCUT2D eigenvalue weighted by atomic mass is 10.4. The third kappa shape index (κ3) is 3.05. The number of nitro groups is 1. The third-order valence-corrected chi connectivity index (χ3v) is 2.11. The summed E-state index contributed by atoms with van der Waals surface area (Å²) in [6.07, 6.45) is 3.05. The lowest BCUT2D eigenvalue weighted by Crippen LogP contribution is -2.13. The van der Waals surface area contributed by atoms with Crippen molar-refractivity contribution in [1.29, 1.82) is 0 Å². The topological polar surface area (TPSA) is 81.0 Å². The lowest BCUT2D eigenvalue weighted by molar-refractivity contribution is -0.384. The van der Waals surface area contributed by atoms with Crippen LogP contribution in [0, 0.1) is 10.1 Å². The van der Waals surface area contributed by atoms with Crippen molar-refractivity contribution in [2.45, 2.75) is 25.0 Å². The average molecular weight is 228 g/mol. The first-order valence-electron chi connectivity index (χ1n) is 4.36. The summed E-state index contributed by atoms with van der Waals surface area (Å²) in [5.74, 6) is 0.273. The maximum absolute atomic E-state index is 10.7. The molecule has 0 atom stereocenters. The molecule has 0 aliphatic carbocycles. The fourth-order valence-corrected chi connectivity index (χ4v) is 1.31. The van der Waals surface area contributed by atoms with Gasteiger partial charge in [-0.3, -0.25) is 10.1 Å². The van der Waals surface area contributed by atoms with E-state index < -0.39 is 4.92 Å². The zero-order valence-electron chi connectivity index (χ0n) is 8.72. The van der Waals surface area contributed by atoms with Gasteiger partial charge in [-0.1, -0.05) is 11.8 Å². The van der Waals surface area contributed by atoms with Crippen LogP contribution >= 0.6 is 11.8 Å². The van der Waals surface area contributed by atoms with Gasteiger partial charge in [0.05, 0.1) is 4.92 Å². The molecule has 1 rings (SSSR count). The van der Waals surface area contributed by atoms with Crippen molar-refractivity contribution in [2.75, 3.05) is 11.6 Å². The number of hydrogen-bond acceptors (Lipinski definition) is 6. The fourth-order valence-electron chi connectivity index (χ4n) is 0.971. The molecule has 6 nitrogen and oxygen atoms in total. The minimum absolute atomic E-state index is 0.0910. The van der Waals surface area contributed by atoms with Crippen molar-refractivity contribution >= 4 is 23.3 Å². The number of thioether (sulfide) groups is 1. The minimum atomic E-state index is -0.491. The van der Waals surface area contributed by atoms with E-state index in [4.69, 9.17) is 0 Å². The van der Waals surface area contributed by atoms with Crippen molar-refractivity contribution in [2.24, 2.45) is 0 Å². The van der Waals surface area contributed by atoms with Gasteiger partial charge >= 0.3 is 5.69 Å².